The Morgan fingerprint density at radius 1 is 1.00 bits per heavy atom. The van der Waals surface area contributed by atoms with Crippen LogP contribution in [-0.4, -0.2) is 94.3 Å². The highest BCUT2D eigenvalue weighted by Gasteiger charge is 2.44. The van der Waals surface area contributed by atoms with E-state index in [1.54, 1.807) is 4.57 Å². The number of hydrogen-bond donors (Lipinski definition) is 4. The van der Waals surface area contributed by atoms with Crippen molar-refractivity contribution >= 4 is 26.8 Å². The third-order valence-electron chi connectivity index (χ3n) is 8.39. The van der Waals surface area contributed by atoms with Gasteiger partial charge in [0.2, 0.25) is 0 Å². The van der Waals surface area contributed by atoms with Crippen molar-refractivity contribution < 1.29 is 28.1 Å². The van der Waals surface area contributed by atoms with Gasteiger partial charge in [-0.2, -0.15) is 0 Å². The zero-order chi connectivity index (χ0) is 30.7. The molecule has 234 valence electrons. The van der Waals surface area contributed by atoms with Crippen LogP contribution in [-0.2, 0) is 25.9 Å². The lowest BCUT2D eigenvalue weighted by Gasteiger charge is -2.23. The fourth-order valence-electron chi connectivity index (χ4n) is 5.94. The van der Waals surface area contributed by atoms with Crippen LogP contribution in [0.2, 0.25) is 0 Å². The van der Waals surface area contributed by atoms with E-state index in [4.69, 9.17) is 19.4 Å². The molecule has 2 aromatic heterocycles. The predicted octanol–water partition coefficient (Wildman–Crippen LogP) is 2.00. The zero-order valence-corrected chi connectivity index (χ0v) is 25.3. The molecule has 2 aliphatic rings. The molecule has 0 radical (unpaired) electrons. The Labute approximate surface area is 256 Å². The number of aliphatic hydroxyl groups is 2. The number of rotatable bonds is 11. The number of benzene rings is 2. The summed E-state index contributed by atoms with van der Waals surface area (Å²) in [6, 6.07) is 20.5. The van der Waals surface area contributed by atoms with Crippen molar-refractivity contribution in [3.05, 3.63) is 83.9 Å². The van der Waals surface area contributed by atoms with Gasteiger partial charge in [0.25, 0.3) is 0 Å². The monoisotopic (exact) mass is 622 g/mol. The van der Waals surface area contributed by atoms with Gasteiger partial charge in [0.1, 0.15) is 34.0 Å². The lowest BCUT2D eigenvalue weighted by molar-refractivity contribution is -0.0580. The van der Waals surface area contributed by atoms with Gasteiger partial charge in [-0.05, 0) is 24.0 Å². The van der Waals surface area contributed by atoms with E-state index >= 15 is 0 Å². The average molecular weight is 623 g/mol. The van der Waals surface area contributed by atoms with Crippen LogP contribution in [0.25, 0.3) is 11.2 Å². The Morgan fingerprint density at radius 2 is 1.66 bits per heavy atom. The van der Waals surface area contributed by atoms with Gasteiger partial charge in [0.05, 0.1) is 31.0 Å². The van der Waals surface area contributed by atoms with Crippen LogP contribution in [0.3, 0.4) is 0 Å². The van der Waals surface area contributed by atoms with Gasteiger partial charge >= 0.3 is 0 Å². The van der Waals surface area contributed by atoms with Crippen molar-refractivity contribution in [2.75, 3.05) is 37.1 Å². The van der Waals surface area contributed by atoms with Gasteiger partial charge < -0.3 is 30.3 Å². The topological polar surface area (TPSA) is 161 Å². The second-order valence-electron chi connectivity index (χ2n) is 11.4. The molecule has 2 saturated heterocycles. The van der Waals surface area contributed by atoms with Crippen LogP contribution in [0.5, 0.6) is 0 Å². The summed E-state index contributed by atoms with van der Waals surface area (Å²) in [5.74, 6) is 1.35. The maximum Gasteiger partial charge on any atom is 0.168 e. The third kappa shape index (κ3) is 6.63. The highest BCUT2D eigenvalue weighted by atomic mass is 32.2. The molecule has 13 heteroatoms. The maximum absolute atomic E-state index is 11.9. The molecule has 2 fully saturated rings. The van der Waals surface area contributed by atoms with Crippen molar-refractivity contribution in [2.45, 2.75) is 55.9 Å². The SMILES string of the molecule is COCC1OC(n2cnc3c(NCC(c4ccccc4)c4ccccc4)nc(CNC4CCS(=O)(=O)CC4)nc32)C(O)C1O. The maximum atomic E-state index is 11.9. The Hall–Kier alpha value is -3.46. The molecule has 4 aromatic rings. The molecule has 4 atom stereocenters. The van der Waals surface area contributed by atoms with Crippen molar-refractivity contribution in [3.8, 4) is 0 Å². The largest absolute Gasteiger partial charge is 0.387 e. The summed E-state index contributed by atoms with van der Waals surface area (Å²) >= 11 is 0. The Balaban J connectivity index is 1.32. The summed E-state index contributed by atoms with van der Waals surface area (Å²) in [6.45, 7) is 0.956. The van der Waals surface area contributed by atoms with Crippen LogP contribution in [0.4, 0.5) is 5.82 Å². The summed E-state index contributed by atoms with van der Waals surface area (Å²) in [7, 11) is -1.47. The van der Waals surface area contributed by atoms with E-state index in [-0.39, 0.29) is 30.1 Å². The van der Waals surface area contributed by atoms with Crippen molar-refractivity contribution in [1.82, 2.24) is 24.8 Å². The second kappa shape index (κ2) is 13.3. The van der Waals surface area contributed by atoms with Crippen LogP contribution in [0.15, 0.2) is 67.0 Å². The minimum Gasteiger partial charge on any atom is -0.387 e. The first kappa shape index (κ1) is 30.6. The number of aliphatic hydroxyl groups excluding tert-OH is 2. The number of ether oxygens (including phenoxy) is 2. The quantitative estimate of drug-likeness (QED) is 0.194. The minimum absolute atomic E-state index is 0.0280. The molecular formula is C31H38N6O6S. The fraction of sp³-hybridized carbons (Fsp3) is 0.452. The minimum atomic E-state index is -2.98. The number of nitrogens with zero attached hydrogens (tertiary/aromatic N) is 4. The fourth-order valence-corrected chi connectivity index (χ4v) is 7.43. The number of aromatic nitrogens is 4. The van der Waals surface area contributed by atoms with E-state index in [0.29, 0.717) is 48.7 Å². The molecule has 0 spiro atoms. The van der Waals surface area contributed by atoms with Crippen LogP contribution in [0.1, 0.15) is 41.9 Å². The third-order valence-corrected chi connectivity index (χ3v) is 10.1. The average Bonchev–Trinajstić information content (AvgIpc) is 3.58. The molecule has 4 N–H and O–H groups in total. The van der Waals surface area contributed by atoms with Crippen LogP contribution < -0.4 is 10.6 Å². The Kier molecular flexibility index (Phi) is 9.21. The molecule has 0 aliphatic carbocycles. The second-order valence-corrected chi connectivity index (χ2v) is 13.7. The summed E-state index contributed by atoms with van der Waals surface area (Å²) in [5.41, 5.74) is 3.24. The summed E-state index contributed by atoms with van der Waals surface area (Å²) < 4.78 is 36.6. The molecular weight excluding hydrogens is 584 g/mol. The highest BCUT2D eigenvalue weighted by Crippen LogP contribution is 2.33. The number of imidazole rings is 1. The standard InChI is InChI=1S/C31H38N6O6S/c1-42-18-24-27(38)28(39)31(43-24)37-19-34-26-29(33-16-23(20-8-4-2-5-9-20)21-10-6-3-7-11-21)35-25(36-30(26)37)17-32-22-12-14-44(40,41)15-13-22/h2-11,19,22-24,27-28,31-32,38-39H,12-18H2,1H3,(H,33,35,36). The lowest BCUT2D eigenvalue weighted by Crippen LogP contribution is -2.37. The summed E-state index contributed by atoms with van der Waals surface area (Å²) in [6.07, 6.45) is -1.39. The van der Waals surface area contributed by atoms with Crippen molar-refractivity contribution in [1.29, 1.82) is 0 Å². The molecule has 0 saturated carbocycles. The van der Waals surface area contributed by atoms with E-state index in [0.717, 1.165) is 11.1 Å². The van der Waals surface area contributed by atoms with Gasteiger partial charge in [0.15, 0.2) is 23.2 Å². The van der Waals surface area contributed by atoms with E-state index in [9.17, 15) is 18.6 Å². The number of nitrogens with one attached hydrogen (secondary N) is 2. The first-order valence-corrected chi connectivity index (χ1v) is 16.7. The molecule has 0 amide bonds. The van der Waals surface area contributed by atoms with Gasteiger partial charge in [-0.25, -0.2) is 23.4 Å². The molecule has 6 rings (SSSR count). The molecule has 4 unspecified atom stereocenters. The summed E-state index contributed by atoms with van der Waals surface area (Å²) in [5, 5.41) is 28.4. The van der Waals surface area contributed by atoms with Crippen LogP contribution >= 0.6 is 0 Å². The molecule has 12 nitrogen and oxygen atoms in total. The molecule has 44 heavy (non-hydrogen) atoms. The predicted molar refractivity (Wildman–Crippen MR) is 165 cm³/mol. The molecule has 2 aromatic carbocycles. The molecule has 0 bridgehead atoms. The van der Waals surface area contributed by atoms with Gasteiger partial charge in [-0.1, -0.05) is 60.7 Å². The first-order valence-electron chi connectivity index (χ1n) is 14.8. The van der Waals surface area contributed by atoms with E-state index in [1.165, 1.54) is 13.4 Å². The first-order chi connectivity index (χ1) is 21.3. The molecule has 4 heterocycles. The number of fused-ring (bicyclic) bond motifs is 1. The zero-order valence-electron chi connectivity index (χ0n) is 24.5. The number of hydrogen-bond acceptors (Lipinski definition) is 11. The smallest absolute Gasteiger partial charge is 0.168 e. The normalized spacial score (nSPS) is 23.8. The van der Waals surface area contributed by atoms with Crippen molar-refractivity contribution in [3.63, 3.8) is 0 Å². The van der Waals surface area contributed by atoms with E-state index in [1.807, 2.05) is 36.4 Å². The van der Waals surface area contributed by atoms with E-state index < -0.39 is 34.4 Å². The lowest BCUT2D eigenvalue weighted by atomic mass is 9.91. The van der Waals surface area contributed by atoms with E-state index in [2.05, 4.69) is 39.9 Å². The molecule has 2 aliphatic heterocycles. The summed E-state index contributed by atoms with van der Waals surface area (Å²) in [4.78, 5) is 14.2. The van der Waals surface area contributed by atoms with Gasteiger partial charge in [-0.3, -0.25) is 4.57 Å². The van der Waals surface area contributed by atoms with Gasteiger partial charge in [-0.15, -0.1) is 0 Å². The number of methoxy groups -OCH3 is 1. The highest BCUT2D eigenvalue weighted by molar-refractivity contribution is 7.91. The Morgan fingerprint density at radius 3 is 2.30 bits per heavy atom. The number of sulfone groups is 1. The van der Waals surface area contributed by atoms with Crippen molar-refractivity contribution in [2.24, 2.45) is 0 Å². The Bertz CT molecular complexity index is 1600. The van der Waals surface area contributed by atoms with Crippen LogP contribution in [0, 0.1) is 0 Å². The number of anilines is 1. The van der Waals surface area contributed by atoms with Gasteiger partial charge in [0, 0.05) is 25.6 Å².